The first-order valence-corrected chi connectivity index (χ1v) is 11.1. The van der Waals surface area contributed by atoms with Crippen LogP contribution in [0.15, 0.2) is 36.4 Å². The molecule has 0 radical (unpaired) electrons. The van der Waals surface area contributed by atoms with Gasteiger partial charge < -0.3 is 9.80 Å². The molecular formula is C24H29N3O3. The van der Waals surface area contributed by atoms with Crippen LogP contribution >= 0.6 is 0 Å². The molecule has 5 unspecified atom stereocenters. The second-order valence-electron chi connectivity index (χ2n) is 9.30. The summed E-state index contributed by atoms with van der Waals surface area (Å²) >= 11 is 0. The van der Waals surface area contributed by atoms with Gasteiger partial charge in [0.15, 0.2) is 0 Å². The first kappa shape index (κ1) is 19.3. The van der Waals surface area contributed by atoms with Crippen LogP contribution in [0.3, 0.4) is 0 Å². The molecule has 5 rings (SSSR count). The van der Waals surface area contributed by atoms with Gasteiger partial charge in [-0.25, -0.2) is 0 Å². The summed E-state index contributed by atoms with van der Waals surface area (Å²) in [5, 5.41) is 0. The maximum absolute atomic E-state index is 12.8. The number of nitrogens with zero attached hydrogens (tertiary/aromatic N) is 3. The largest absolute Gasteiger partial charge is 0.365 e. The van der Waals surface area contributed by atoms with Crippen LogP contribution in [0.4, 0.5) is 5.69 Å². The van der Waals surface area contributed by atoms with Crippen molar-refractivity contribution in [3.8, 4) is 0 Å². The maximum atomic E-state index is 12.8. The van der Waals surface area contributed by atoms with E-state index >= 15 is 0 Å². The molecular weight excluding hydrogens is 378 g/mol. The number of fused-ring (bicyclic) bond motifs is 5. The number of amides is 3. The van der Waals surface area contributed by atoms with Gasteiger partial charge >= 0.3 is 0 Å². The van der Waals surface area contributed by atoms with Gasteiger partial charge in [0.25, 0.3) is 0 Å². The Morgan fingerprint density at radius 3 is 2.23 bits per heavy atom. The van der Waals surface area contributed by atoms with E-state index in [0.29, 0.717) is 13.1 Å². The van der Waals surface area contributed by atoms with Crippen molar-refractivity contribution in [1.29, 1.82) is 0 Å². The first-order chi connectivity index (χ1) is 14.4. The molecule has 2 saturated heterocycles. The Bertz CT molecular complexity index is 879. The van der Waals surface area contributed by atoms with E-state index in [9.17, 15) is 14.4 Å². The molecule has 30 heavy (non-hydrogen) atoms. The van der Waals surface area contributed by atoms with E-state index < -0.39 is 0 Å². The lowest BCUT2D eigenvalue weighted by Crippen LogP contribution is -2.54. The molecule has 5 atom stereocenters. The zero-order chi connectivity index (χ0) is 21.0. The lowest BCUT2D eigenvalue weighted by molar-refractivity contribution is -0.141. The Morgan fingerprint density at radius 1 is 1.00 bits per heavy atom. The molecule has 2 heterocycles. The summed E-state index contributed by atoms with van der Waals surface area (Å²) in [6.07, 6.45) is 5.35. The van der Waals surface area contributed by atoms with Crippen molar-refractivity contribution >= 4 is 23.4 Å². The summed E-state index contributed by atoms with van der Waals surface area (Å²) in [5.41, 5.74) is 2.42. The molecule has 3 amide bonds. The van der Waals surface area contributed by atoms with Gasteiger partial charge in [-0.2, -0.15) is 0 Å². The summed E-state index contributed by atoms with van der Waals surface area (Å²) in [6, 6.07) is 8.71. The van der Waals surface area contributed by atoms with Crippen molar-refractivity contribution in [1.82, 2.24) is 9.80 Å². The number of hydrogen-bond acceptors (Lipinski definition) is 4. The van der Waals surface area contributed by atoms with Crippen molar-refractivity contribution in [3.05, 3.63) is 42.0 Å². The van der Waals surface area contributed by atoms with E-state index in [1.54, 1.807) is 0 Å². The standard InChI is InChI=1S/C24H29N3O3/c1-15-3-7-19(8-4-15)26-12-11-25(14-16(26)2)20(28)9-10-27-23(29)21-17-5-6-18(13-17)22(21)24(27)30/h3-8,16-18,21-22H,9-14H2,1-2H3. The third kappa shape index (κ3) is 3.04. The van der Waals surface area contributed by atoms with Crippen molar-refractivity contribution in [2.45, 2.75) is 32.7 Å². The van der Waals surface area contributed by atoms with E-state index in [1.165, 1.54) is 16.2 Å². The quantitative estimate of drug-likeness (QED) is 0.567. The normalized spacial score (nSPS) is 32.3. The summed E-state index contributed by atoms with van der Waals surface area (Å²) in [5.74, 6) is -0.0226. The van der Waals surface area contributed by atoms with Gasteiger partial charge in [0, 0.05) is 44.3 Å². The lowest BCUT2D eigenvalue weighted by Gasteiger charge is -2.41. The Kier molecular flexibility index (Phi) is 4.68. The fourth-order valence-electron chi connectivity index (χ4n) is 5.85. The minimum atomic E-state index is -0.180. The van der Waals surface area contributed by atoms with E-state index in [0.717, 1.165) is 13.0 Å². The first-order valence-electron chi connectivity index (χ1n) is 11.1. The van der Waals surface area contributed by atoms with Crippen LogP contribution in [-0.4, -0.2) is 59.7 Å². The number of imide groups is 1. The average Bonchev–Trinajstić information content (AvgIpc) is 3.41. The number of piperazine rings is 1. The van der Waals surface area contributed by atoms with Crippen LogP contribution < -0.4 is 4.90 Å². The molecule has 6 nitrogen and oxygen atoms in total. The zero-order valence-electron chi connectivity index (χ0n) is 17.7. The highest BCUT2D eigenvalue weighted by molar-refractivity contribution is 6.06. The molecule has 2 aliphatic carbocycles. The highest BCUT2D eigenvalue weighted by Crippen LogP contribution is 2.52. The van der Waals surface area contributed by atoms with E-state index in [2.05, 4.69) is 55.2 Å². The molecule has 1 aromatic carbocycles. The van der Waals surface area contributed by atoms with Gasteiger partial charge in [0.1, 0.15) is 0 Å². The topological polar surface area (TPSA) is 60.9 Å². The molecule has 0 aromatic heterocycles. The van der Waals surface area contributed by atoms with Crippen LogP contribution in [0.25, 0.3) is 0 Å². The Balaban J connectivity index is 1.17. The SMILES string of the molecule is Cc1ccc(N2CCN(C(=O)CCN3C(=O)C4C5C=CC(C5)C4C3=O)CC2C)cc1. The van der Waals surface area contributed by atoms with Gasteiger partial charge in [-0.1, -0.05) is 29.8 Å². The monoisotopic (exact) mass is 407 g/mol. The molecule has 3 fully saturated rings. The third-order valence-electron chi connectivity index (χ3n) is 7.46. The van der Waals surface area contributed by atoms with Gasteiger partial charge in [-0.3, -0.25) is 19.3 Å². The van der Waals surface area contributed by atoms with Gasteiger partial charge in [0.05, 0.1) is 11.8 Å². The second kappa shape index (κ2) is 7.25. The number of hydrogen-bond donors (Lipinski definition) is 0. The number of anilines is 1. The van der Waals surface area contributed by atoms with E-state index in [4.69, 9.17) is 0 Å². The van der Waals surface area contributed by atoms with Crippen LogP contribution in [0.5, 0.6) is 0 Å². The lowest BCUT2D eigenvalue weighted by atomic mass is 9.85. The summed E-state index contributed by atoms with van der Waals surface area (Å²) < 4.78 is 0. The van der Waals surface area contributed by atoms with E-state index in [-0.39, 0.29) is 60.4 Å². The Hall–Kier alpha value is -2.63. The molecule has 0 N–H and O–H groups in total. The van der Waals surface area contributed by atoms with Gasteiger partial charge in [0.2, 0.25) is 17.7 Å². The summed E-state index contributed by atoms with van der Waals surface area (Å²) in [4.78, 5) is 44.0. The van der Waals surface area contributed by atoms with E-state index in [1.807, 2.05) is 4.90 Å². The number of allylic oxidation sites excluding steroid dienone is 2. The number of aryl methyl sites for hydroxylation is 1. The molecule has 4 aliphatic rings. The predicted molar refractivity (Wildman–Crippen MR) is 114 cm³/mol. The van der Waals surface area contributed by atoms with Crippen molar-refractivity contribution in [3.63, 3.8) is 0 Å². The maximum Gasteiger partial charge on any atom is 0.233 e. The molecule has 0 spiro atoms. The highest BCUT2D eigenvalue weighted by Gasteiger charge is 2.59. The van der Waals surface area contributed by atoms with Crippen molar-refractivity contribution in [2.75, 3.05) is 31.1 Å². The van der Waals surface area contributed by atoms with Crippen LogP contribution in [0.1, 0.15) is 25.3 Å². The smallest absolute Gasteiger partial charge is 0.233 e. The number of rotatable bonds is 4. The van der Waals surface area contributed by atoms with Crippen LogP contribution in [0, 0.1) is 30.6 Å². The Morgan fingerprint density at radius 2 is 1.63 bits per heavy atom. The molecule has 158 valence electrons. The minimum Gasteiger partial charge on any atom is -0.365 e. The van der Waals surface area contributed by atoms with Crippen molar-refractivity contribution < 1.29 is 14.4 Å². The molecule has 2 bridgehead atoms. The molecule has 1 saturated carbocycles. The average molecular weight is 408 g/mol. The second-order valence-corrected chi connectivity index (χ2v) is 9.30. The minimum absolute atomic E-state index is 0.0316. The Labute approximate surface area is 177 Å². The zero-order valence-corrected chi connectivity index (χ0v) is 17.7. The summed E-state index contributed by atoms with van der Waals surface area (Å²) in [6.45, 7) is 6.54. The van der Waals surface area contributed by atoms with Gasteiger partial charge in [-0.05, 0) is 44.2 Å². The number of benzene rings is 1. The number of carbonyl (C=O) groups excluding carboxylic acids is 3. The van der Waals surface area contributed by atoms with Gasteiger partial charge in [-0.15, -0.1) is 0 Å². The fraction of sp³-hybridized carbons (Fsp3) is 0.542. The fourth-order valence-corrected chi connectivity index (χ4v) is 5.85. The highest BCUT2D eigenvalue weighted by atomic mass is 16.2. The molecule has 2 aliphatic heterocycles. The summed E-state index contributed by atoms with van der Waals surface area (Å²) in [7, 11) is 0. The van der Waals surface area contributed by atoms with Crippen molar-refractivity contribution in [2.24, 2.45) is 23.7 Å². The molecule has 1 aromatic rings. The number of likely N-dealkylation sites (tertiary alicyclic amines) is 1. The van der Waals surface area contributed by atoms with Crippen LogP contribution in [0.2, 0.25) is 0 Å². The predicted octanol–water partition coefficient (Wildman–Crippen LogP) is 2.23. The third-order valence-corrected chi connectivity index (χ3v) is 7.46. The molecule has 6 heteroatoms. The van der Waals surface area contributed by atoms with Crippen LogP contribution in [-0.2, 0) is 14.4 Å². The number of carbonyl (C=O) groups is 3.